The van der Waals surface area contributed by atoms with Crippen molar-refractivity contribution in [1.29, 1.82) is 0 Å². The van der Waals surface area contributed by atoms with Crippen molar-refractivity contribution < 1.29 is 4.74 Å². The third-order valence-corrected chi connectivity index (χ3v) is 3.95. The Hall–Kier alpha value is -1.78. The summed E-state index contributed by atoms with van der Waals surface area (Å²) in [7, 11) is 1.81. The second-order valence-electron chi connectivity index (χ2n) is 5.72. The standard InChI is InChI=1S/C17H28N4O/c1-3-4-12-22-16-14(8-7-11-19-16)13-20-17(18-2)21-15-9-5-6-10-15/h7-8,11,15H,3-6,9-10,12-13H2,1-2H3,(H2,18,20,21). The van der Waals surface area contributed by atoms with Crippen molar-refractivity contribution in [3.05, 3.63) is 23.9 Å². The van der Waals surface area contributed by atoms with Crippen LogP contribution in [-0.2, 0) is 6.54 Å². The molecule has 0 atom stereocenters. The highest BCUT2D eigenvalue weighted by molar-refractivity contribution is 5.80. The van der Waals surface area contributed by atoms with Crippen LogP contribution in [0.1, 0.15) is 51.0 Å². The Labute approximate surface area is 133 Å². The van der Waals surface area contributed by atoms with Gasteiger partial charge in [-0.1, -0.05) is 32.3 Å². The molecular weight excluding hydrogens is 276 g/mol. The first-order chi connectivity index (χ1) is 10.8. The van der Waals surface area contributed by atoms with Crippen molar-refractivity contribution in [2.24, 2.45) is 4.99 Å². The summed E-state index contributed by atoms with van der Waals surface area (Å²) in [5, 5.41) is 6.85. The van der Waals surface area contributed by atoms with E-state index in [0.29, 0.717) is 12.6 Å². The molecule has 1 saturated carbocycles. The molecule has 1 heterocycles. The largest absolute Gasteiger partial charge is 0.477 e. The highest BCUT2D eigenvalue weighted by Gasteiger charge is 2.16. The molecule has 5 heteroatoms. The lowest BCUT2D eigenvalue weighted by Crippen LogP contribution is -2.42. The number of hydrogen-bond acceptors (Lipinski definition) is 3. The van der Waals surface area contributed by atoms with Crippen molar-refractivity contribution in [1.82, 2.24) is 15.6 Å². The van der Waals surface area contributed by atoms with E-state index in [1.807, 2.05) is 19.2 Å². The molecule has 122 valence electrons. The van der Waals surface area contributed by atoms with E-state index in [1.165, 1.54) is 25.7 Å². The second kappa shape index (κ2) is 9.28. The van der Waals surface area contributed by atoms with E-state index in [1.54, 1.807) is 6.20 Å². The van der Waals surface area contributed by atoms with Gasteiger partial charge < -0.3 is 15.4 Å². The first kappa shape index (κ1) is 16.6. The average molecular weight is 304 g/mol. The quantitative estimate of drug-likeness (QED) is 0.462. The Bertz CT molecular complexity index is 469. The molecule has 0 radical (unpaired) electrons. The summed E-state index contributed by atoms with van der Waals surface area (Å²) in [6.07, 6.45) is 9.04. The van der Waals surface area contributed by atoms with Gasteiger partial charge in [-0.2, -0.15) is 0 Å². The molecular formula is C17H28N4O. The van der Waals surface area contributed by atoms with Gasteiger partial charge in [0.05, 0.1) is 6.61 Å². The molecule has 0 unspecified atom stereocenters. The third kappa shape index (κ3) is 5.20. The van der Waals surface area contributed by atoms with Crippen LogP contribution in [0.4, 0.5) is 0 Å². The first-order valence-electron chi connectivity index (χ1n) is 8.37. The average Bonchev–Trinajstić information content (AvgIpc) is 3.06. The maximum Gasteiger partial charge on any atom is 0.218 e. The highest BCUT2D eigenvalue weighted by atomic mass is 16.5. The zero-order valence-electron chi connectivity index (χ0n) is 13.8. The Kier molecular flexibility index (Phi) is 7.00. The lowest BCUT2D eigenvalue weighted by Gasteiger charge is -2.17. The maximum atomic E-state index is 5.77. The molecule has 0 amide bonds. The summed E-state index contributed by atoms with van der Waals surface area (Å²) in [5.41, 5.74) is 1.06. The molecule has 2 rings (SSSR count). The Balaban J connectivity index is 1.86. The lowest BCUT2D eigenvalue weighted by molar-refractivity contribution is 0.294. The van der Waals surface area contributed by atoms with Gasteiger partial charge in [-0.3, -0.25) is 4.99 Å². The van der Waals surface area contributed by atoms with Crippen LogP contribution in [0.3, 0.4) is 0 Å². The van der Waals surface area contributed by atoms with E-state index in [0.717, 1.165) is 36.9 Å². The number of ether oxygens (including phenoxy) is 1. The van der Waals surface area contributed by atoms with Crippen LogP contribution >= 0.6 is 0 Å². The minimum absolute atomic E-state index is 0.556. The molecule has 1 fully saturated rings. The van der Waals surface area contributed by atoms with Gasteiger partial charge in [-0.05, 0) is 25.3 Å². The number of pyridine rings is 1. The van der Waals surface area contributed by atoms with E-state index >= 15 is 0 Å². The molecule has 1 aliphatic carbocycles. The van der Waals surface area contributed by atoms with Crippen molar-refractivity contribution in [3.8, 4) is 5.88 Å². The normalized spacial score (nSPS) is 15.8. The predicted octanol–water partition coefficient (Wildman–Crippen LogP) is 2.87. The molecule has 1 aromatic heterocycles. The molecule has 1 aliphatic rings. The number of unbranched alkanes of at least 4 members (excludes halogenated alkanes) is 1. The molecule has 0 bridgehead atoms. The smallest absolute Gasteiger partial charge is 0.218 e. The van der Waals surface area contributed by atoms with Gasteiger partial charge in [0.2, 0.25) is 5.88 Å². The predicted molar refractivity (Wildman–Crippen MR) is 90.2 cm³/mol. The van der Waals surface area contributed by atoms with Gasteiger partial charge in [-0.25, -0.2) is 4.98 Å². The van der Waals surface area contributed by atoms with Crippen LogP contribution in [0, 0.1) is 0 Å². The summed E-state index contributed by atoms with van der Waals surface area (Å²) in [6, 6.07) is 4.54. The van der Waals surface area contributed by atoms with E-state index in [-0.39, 0.29) is 0 Å². The fourth-order valence-electron chi connectivity index (χ4n) is 2.64. The molecule has 0 aliphatic heterocycles. The van der Waals surface area contributed by atoms with E-state index in [4.69, 9.17) is 4.74 Å². The number of nitrogens with one attached hydrogen (secondary N) is 2. The highest BCUT2D eigenvalue weighted by Crippen LogP contribution is 2.18. The Morgan fingerprint density at radius 3 is 2.95 bits per heavy atom. The number of nitrogens with zero attached hydrogens (tertiary/aromatic N) is 2. The van der Waals surface area contributed by atoms with Crippen molar-refractivity contribution in [2.75, 3.05) is 13.7 Å². The third-order valence-electron chi connectivity index (χ3n) is 3.95. The van der Waals surface area contributed by atoms with Crippen LogP contribution in [0.5, 0.6) is 5.88 Å². The van der Waals surface area contributed by atoms with Crippen molar-refractivity contribution >= 4 is 5.96 Å². The Morgan fingerprint density at radius 1 is 1.41 bits per heavy atom. The summed E-state index contributed by atoms with van der Waals surface area (Å²) < 4.78 is 5.77. The zero-order chi connectivity index (χ0) is 15.6. The fraction of sp³-hybridized carbons (Fsp3) is 0.647. The topological polar surface area (TPSA) is 58.5 Å². The number of hydrogen-bond donors (Lipinski definition) is 2. The zero-order valence-corrected chi connectivity index (χ0v) is 13.8. The molecule has 5 nitrogen and oxygen atoms in total. The number of aliphatic imine (C=N–C) groups is 1. The van der Waals surface area contributed by atoms with Gasteiger partial charge in [0, 0.05) is 31.4 Å². The fourth-order valence-corrected chi connectivity index (χ4v) is 2.64. The molecule has 22 heavy (non-hydrogen) atoms. The summed E-state index contributed by atoms with van der Waals surface area (Å²) in [6.45, 7) is 3.54. The van der Waals surface area contributed by atoms with Crippen molar-refractivity contribution in [2.45, 2.75) is 58.0 Å². The van der Waals surface area contributed by atoms with Gasteiger partial charge >= 0.3 is 0 Å². The van der Waals surface area contributed by atoms with E-state index < -0.39 is 0 Å². The van der Waals surface area contributed by atoms with Gasteiger partial charge in [0.25, 0.3) is 0 Å². The summed E-state index contributed by atoms with van der Waals surface area (Å²) in [4.78, 5) is 8.64. The number of rotatable bonds is 7. The molecule has 0 aromatic carbocycles. The van der Waals surface area contributed by atoms with Crippen molar-refractivity contribution in [3.63, 3.8) is 0 Å². The van der Waals surface area contributed by atoms with Gasteiger partial charge in [0.15, 0.2) is 5.96 Å². The molecule has 2 N–H and O–H groups in total. The molecule has 0 spiro atoms. The molecule has 0 saturated heterocycles. The van der Waals surface area contributed by atoms with Gasteiger partial charge in [-0.15, -0.1) is 0 Å². The second-order valence-corrected chi connectivity index (χ2v) is 5.72. The van der Waals surface area contributed by atoms with Gasteiger partial charge in [0.1, 0.15) is 0 Å². The monoisotopic (exact) mass is 304 g/mol. The number of aromatic nitrogens is 1. The van der Waals surface area contributed by atoms with E-state index in [2.05, 4.69) is 27.5 Å². The first-order valence-corrected chi connectivity index (χ1v) is 8.37. The Morgan fingerprint density at radius 2 is 2.23 bits per heavy atom. The van der Waals surface area contributed by atoms with Crippen LogP contribution in [0.2, 0.25) is 0 Å². The van der Waals surface area contributed by atoms with Crippen LogP contribution in [0.15, 0.2) is 23.3 Å². The van der Waals surface area contributed by atoms with Crippen LogP contribution in [0.25, 0.3) is 0 Å². The lowest BCUT2D eigenvalue weighted by atomic mass is 10.2. The van der Waals surface area contributed by atoms with Crippen LogP contribution < -0.4 is 15.4 Å². The van der Waals surface area contributed by atoms with Crippen LogP contribution in [-0.4, -0.2) is 30.6 Å². The number of guanidine groups is 1. The minimum atomic E-state index is 0.556. The maximum absolute atomic E-state index is 5.77. The molecule has 1 aromatic rings. The van der Waals surface area contributed by atoms with E-state index in [9.17, 15) is 0 Å². The summed E-state index contributed by atoms with van der Waals surface area (Å²) in [5.74, 6) is 1.58. The summed E-state index contributed by atoms with van der Waals surface area (Å²) >= 11 is 0. The SMILES string of the molecule is CCCCOc1ncccc1CNC(=NC)NC1CCCC1. The minimum Gasteiger partial charge on any atom is -0.477 e.